The van der Waals surface area contributed by atoms with Crippen LogP contribution in [0.1, 0.15) is 24.8 Å². The molecule has 1 fully saturated rings. The maximum Gasteiger partial charge on any atom is 0.317 e. The molecular formula is C26H32N4O3. The molecule has 1 aliphatic heterocycles. The van der Waals surface area contributed by atoms with Gasteiger partial charge >= 0.3 is 11.1 Å². The molecule has 2 heterocycles. The molecule has 7 heteroatoms. The fraction of sp³-hybridized carbons (Fsp3) is 0.423. The van der Waals surface area contributed by atoms with E-state index in [0.717, 1.165) is 38.4 Å². The number of para-hydroxylation sites is 2. The van der Waals surface area contributed by atoms with Gasteiger partial charge in [-0.1, -0.05) is 42.5 Å². The van der Waals surface area contributed by atoms with Gasteiger partial charge in [0, 0.05) is 13.6 Å². The number of aromatic nitrogens is 2. The molecule has 1 N–H and O–H groups in total. The van der Waals surface area contributed by atoms with Crippen molar-refractivity contribution in [1.29, 1.82) is 0 Å². The summed E-state index contributed by atoms with van der Waals surface area (Å²) in [6.45, 7) is 3.55. The molecular weight excluding hydrogens is 416 g/mol. The van der Waals surface area contributed by atoms with Crippen LogP contribution in [0, 0.1) is 5.92 Å². The quantitative estimate of drug-likeness (QED) is 0.423. The van der Waals surface area contributed by atoms with Crippen LogP contribution in [0.25, 0.3) is 11.0 Å². The van der Waals surface area contributed by atoms with Gasteiger partial charge in [0.25, 0.3) is 0 Å². The number of benzene rings is 2. The van der Waals surface area contributed by atoms with Crippen LogP contribution in [0.5, 0.6) is 0 Å². The summed E-state index contributed by atoms with van der Waals surface area (Å²) in [4.78, 5) is 39.6. The van der Waals surface area contributed by atoms with Crippen LogP contribution in [-0.4, -0.2) is 46.1 Å². The fourth-order valence-electron chi connectivity index (χ4n) is 4.70. The summed E-state index contributed by atoms with van der Waals surface area (Å²) in [6, 6.07) is 17.8. The van der Waals surface area contributed by atoms with Crippen LogP contribution in [-0.2, 0) is 24.8 Å². The molecule has 0 unspecified atom stereocenters. The van der Waals surface area contributed by atoms with Crippen LogP contribution < -0.4 is 16.4 Å². The van der Waals surface area contributed by atoms with Crippen molar-refractivity contribution < 1.29 is 4.79 Å². The molecule has 0 bridgehead atoms. The molecule has 33 heavy (non-hydrogen) atoms. The minimum atomic E-state index is -0.676. The van der Waals surface area contributed by atoms with E-state index in [1.165, 1.54) is 27.5 Å². The lowest BCUT2D eigenvalue weighted by Crippen LogP contribution is -2.43. The Kier molecular flexibility index (Phi) is 7.40. The van der Waals surface area contributed by atoms with E-state index in [-0.39, 0.29) is 12.5 Å². The normalized spacial score (nSPS) is 15.1. The molecule has 0 aliphatic carbocycles. The van der Waals surface area contributed by atoms with Crippen molar-refractivity contribution in [3.05, 3.63) is 80.9 Å². The topological polar surface area (TPSA) is 76.3 Å². The largest absolute Gasteiger partial charge is 0.355 e. The number of carbonyl (C=O) groups excluding carboxylic acids is 1. The second-order valence-electron chi connectivity index (χ2n) is 8.92. The highest BCUT2D eigenvalue weighted by Gasteiger charge is 2.19. The van der Waals surface area contributed by atoms with E-state index in [2.05, 4.69) is 40.5 Å². The Hall–Kier alpha value is -3.19. The first-order chi connectivity index (χ1) is 16.0. The molecule has 3 aromatic rings. The van der Waals surface area contributed by atoms with Gasteiger partial charge in [-0.3, -0.25) is 19.0 Å². The molecule has 1 aromatic heterocycles. The van der Waals surface area contributed by atoms with Gasteiger partial charge in [0.1, 0.15) is 6.54 Å². The lowest BCUT2D eigenvalue weighted by molar-refractivity contribution is -0.121. The minimum absolute atomic E-state index is 0.152. The highest BCUT2D eigenvalue weighted by Crippen LogP contribution is 2.21. The number of piperidine rings is 1. The zero-order valence-corrected chi connectivity index (χ0v) is 19.2. The molecule has 7 nitrogen and oxygen atoms in total. The summed E-state index contributed by atoms with van der Waals surface area (Å²) >= 11 is 0. The Balaban J connectivity index is 1.22. The first kappa shape index (κ1) is 23.0. The summed E-state index contributed by atoms with van der Waals surface area (Å²) < 4.78 is 2.60. The number of hydrogen-bond donors (Lipinski definition) is 1. The Morgan fingerprint density at radius 1 is 0.939 bits per heavy atom. The number of rotatable bonds is 8. The average molecular weight is 449 g/mol. The third-order valence-electron chi connectivity index (χ3n) is 6.62. The highest BCUT2D eigenvalue weighted by molar-refractivity contribution is 5.80. The standard InChI is InChI=1S/C26H32N4O3/c1-28-22-10-5-6-11-23(22)30(26(33)25(28)32)19-24(31)27-14-7-15-29-16-12-21(13-17-29)18-20-8-3-2-4-9-20/h2-6,8-11,21H,7,12-19H2,1H3,(H,27,31). The predicted octanol–water partition coefficient (Wildman–Crippen LogP) is 2.16. The summed E-state index contributed by atoms with van der Waals surface area (Å²) in [5.41, 5.74) is 1.33. The molecule has 174 valence electrons. The van der Waals surface area contributed by atoms with Crippen molar-refractivity contribution in [2.75, 3.05) is 26.2 Å². The Morgan fingerprint density at radius 3 is 2.33 bits per heavy atom. The summed E-state index contributed by atoms with van der Waals surface area (Å²) in [5, 5.41) is 2.90. The fourth-order valence-corrected chi connectivity index (χ4v) is 4.70. The monoisotopic (exact) mass is 448 g/mol. The van der Waals surface area contributed by atoms with E-state index >= 15 is 0 Å². The zero-order chi connectivity index (χ0) is 23.2. The van der Waals surface area contributed by atoms with E-state index in [9.17, 15) is 14.4 Å². The van der Waals surface area contributed by atoms with Crippen LogP contribution >= 0.6 is 0 Å². The molecule has 1 aliphatic rings. The second kappa shape index (κ2) is 10.6. The SMILES string of the molecule is Cn1c(=O)c(=O)n(CC(=O)NCCCN2CCC(Cc3ccccc3)CC2)c2ccccc21. The molecule has 0 spiro atoms. The van der Waals surface area contributed by atoms with Crippen molar-refractivity contribution in [1.82, 2.24) is 19.4 Å². The highest BCUT2D eigenvalue weighted by atomic mass is 16.2. The van der Waals surface area contributed by atoms with Crippen molar-refractivity contribution >= 4 is 16.9 Å². The number of likely N-dealkylation sites (tertiary alicyclic amines) is 1. The molecule has 4 rings (SSSR count). The molecule has 0 saturated carbocycles. The zero-order valence-electron chi connectivity index (χ0n) is 19.2. The van der Waals surface area contributed by atoms with Gasteiger partial charge in [-0.25, -0.2) is 0 Å². The minimum Gasteiger partial charge on any atom is -0.355 e. The number of hydrogen-bond acceptors (Lipinski definition) is 4. The van der Waals surface area contributed by atoms with Crippen LogP contribution in [0.3, 0.4) is 0 Å². The van der Waals surface area contributed by atoms with Gasteiger partial charge in [0.05, 0.1) is 11.0 Å². The number of aryl methyl sites for hydroxylation is 1. The van der Waals surface area contributed by atoms with Crippen LogP contribution in [0.15, 0.2) is 64.2 Å². The third-order valence-corrected chi connectivity index (χ3v) is 6.62. The number of carbonyl (C=O) groups is 1. The first-order valence-corrected chi connectivity index (χ1v) is 11.7. The van der Waals surface area contributed by atoms with Crippen molar-refractivity contribution in [3.63, 3.8) is 0 Å². The van der Waals surface area contributed by atoms with Gasteiger partial charge < -0.3 is 14.8 Å². The maximum atomic E-state index is 12.5. The summed E-state index contributed by atoms with van der Waals surface area (Å²) in [6.07, 6.45) is 4.43. The smallest absolute Gasteiger partial charge is 0.317 e. The summed E-state index contributed by atoms with van der Waals surface area (Å²) in [7, 11) is 1.57. The predicted molar refractivity (Wildman–Crippen MR) is 130 cm³/mol. The van der Waals surface area contributed by atoms with E-state index in [1.807, 2.05) is 0 Å². The van der Waals surface area contributed by atoms with Gasteiger partial charge in [0.2, 0.25) is 5.91 Å². The second-order valence-corrected chi connectivity index (χ2v) is 8.92. The van der Waals surface area contributed by atoms with Crippen molar-refractivity contribution in [2.24, 2.45) is 13.0 Å². The van der Waals surface area contributed by atoms with Crippen molar-refractivity contribution in [3.8, 4) is 0 Å². The molecule has 0 atom stereocenters. The number of nitrogens with zero attached hydrogens (tertiary/aromatic N) is 3. The van der Waals surface area contributed by atoms with Gasteiger partial charge in [0.15, 0.2) is 0 Å². The molecule has 1 saturated heterocycles. The van der Waals surface area contributed by atoms with Crippen molar-refractivity contribution in [2.45, 2.75) is 32.2 Å². The average Bonchev–Trinajstić information content (AvgIpc) is 2.85. The van der Waals surface area contributed by atoms with Crippen LogP contribution in [0.2, 0.25) is 0 Å². The lowest BCUT2D eigenvalue weighted by Gasteiger charge is -2.32. The maximum absolute atomic E-state index is 12.5. The Morgan fingerprint density at radius 2 is 1.61 bits per heavy atom. The number of nitrogens with one attached hydrogen (secondary N) is 1. The summed E-state index contributed by atoms with van der Waals surface area (Å²) in [5.74, 6) is 0.493. The van der Waals surface area contributed by atoms with Gasteiger partial charge in [-0.15, -0.1) is 0 Å². The Bertz CT molecular complexity index is 1210. The Labute approximate surface area is 193 Å². The number of fused-ring (bicyclic) bond motifs is 1. The van der Waals surface area contributed by atoms with Crippen LogP contribution in [0.4, 0.5) is 0 Å². The molecule has 0 radical (unpaired) electrons. The van der Waals surface area contributed by atoms with E-state index < -0.39 is 11.1 Å². The van der Waals surface area contributed by atoms with E-state index in [0.29, 0.717) is 17.6 Å². The molecule has 1 amide bonds. The van der Waals surface area contributed by atoms with Gasteiger partial charge in [-0.2, -0.15) is 0 Å². The van der Waals surface area contributed by atoms with E-state index in [4.69, 9.17) is 0 Å². The number of amides is 1. The van der Waals surface area contributed by atoms with Gasteiger partial charge in [-0.05, 0) is 68.9 Å². The van der Waals surface area contributed by atoms with E-state index in [1.54, 1.807) is 31.3 Å². The first-order valence-electron chi connectivity index (χ1n) is 11.7. The lowest BCUT2D eigenvalue weighted by atomic mass is 9.90. The third kappa shape index (κ3) is 5.60. The molecule has 2 aromatic carbocycles.